The van der Waals surface area contributed by atoms with Crippen molar-refractivity contribution < 1.29 is 9.47 Å². The zero-order chi connectivity index (χ0) is 14.7. The lowest BCUT2D eigenvalue weighted by Gasteiger charge is -2.40. The Kier molecular flexibility index (Phi) is 5.38. The van der Waals surface area contributed by atoms with Gasteiger partial charge in [0.1, 0.15) is 0 Å². The van der Waals surface area contributed by atoms with E-state index in [0.717, 1.165) is 45.6 Å². The van der Waals surface area contributed by atoms with Crippen molar-refractivity contribution in [3.8, 4) is 0 Å². The highest BCUT2D eigenvalue weighted by Crippen LogP contribution is 2.42. The van der Waals surface area contributed by atoms with Gasteiger partial charge in [-0.1, -0.05) is 6.92 Å². The van der Waals surface area contributed by atoms with E-state index in [1.54, 1.807) is 11.3 Å². The molecule has 2 aliphatic heterocycles. The van der Waals surface area contributed by atoms with Gasteiger partial charge in [0.05, 0.1) is 16.0 Å². The monoisotopic (exact) mass is 373 g/mol. The molecule has 2 aliphatic rings. The SMILES string of the molecule is CCCNC(c1csc(Br)c1)C1CCOC2(CCOC2)C1. The number of thiophene rings is 1. The van der Waals surface area contributed by atoms with Gasteiger partial charge in [0.25, 0.3) is 0 Å². The van der Waals surface area contributed by atoms with Crippen LogP contribution in [0.1, 0.15) is 44.2 Å². The van der Waals surface area contributed by atoms with Crippen LogP contribution in [0.4, 0.5) is 0 Å². The summed E-state index contributed by atoms with van der Waals surface area (Å²) in [6.45, 7) is 5.79. The molecule has 3 nitrogen and oxygen atoms in total. The highest BCUT2D eigenvalue weighted by atomic mass is 79.9. The van der Waals surface area contributed by atoms with Gasteiger partial charge in [-0.3, -0.25) is 0 Å². The summed E-state index contributed by atoms with van der Waals surface area (Å²) >= 11 is 5.37. The molecule has 5 heteroatoms. The average molecular weight is 374 g/mol. The van der Waals surface area contributed by atoms with E-state index in [1.165, 1.54) is 15.8 Å². The number of ether oxygens (including phenoxy) is 2. The first-order valence-electron chi connectivity index (χ1n) is 7.91. The second-order valence-corrected chi connectivity index (χ2v) is 8.49. The molecular formula is C16H24BrNO2S. The molecule has 0 amide bonds. The smallest absolute Gasteiger partial charge is 0.0940 e. The summed E-state index contributed by atoms with van der Waals surface area (Å²) in [5.41, 5.74) is 1.41. The van der Waals surface area contributed by atoms with Gasteiger partial charge >= 0.3 is 0 Å². The van der Waals surface area contributed by atoms with Crippen molar-refractivity contribution in [2.75, 3.05) is 26.4 Å². The van der Waals surface area contributed by atoms with Gasteiger partial charge in [-0.2, -0.15) is 0 Å². The molecule has 2 saturated heterocycles. The third-order valence-corrected chi connectivity index (χ3v) is 6.15. The third-order valence-electron chi connectivity index (χ3n) is 4.63. The van der Waals surface area contributed by atoms with Gasteiger partial charge in [-0.05, 0) is 64.7 Å². The second-order valence-electron chi connectivity index (χ2n) is 6.20. The lowest BCUT2D eigenvalue weighted by Crippen LogP contribution is -2.44. The maximum absolute atomic E-state index is 6.09. The van der Waals surface area contributed by atoms with Crippen LogP contribution in [-0.4, -0.2) is 32.0 Å². The molecule has 118 valence electrons. The molecule has 1 spiro atoms. The van der Waals surface area contributed by atoms with Crippen molar-refractivity contribution in [3.63, 3.8) is 0 Å². The molecule has 3 unspecified atom stereocenters. The van der Waals surface area contributed by atoms with Crippen molar-refractivity contribution >= 4 is 27.3 Å². The molecule has 0 radical (unpaired) electrons. The quantitative estimate of drug-likeness (QED) is 0.841. The molecule has 1 N–H and O–H groups in total. The summed E-state index contributed by atoms with van der Waals surface area (Å²) in [5, 5.41) is 6.05. The Morgan fingerprint density at radius 2 is 2.43 bits per heavy atom. The van der Waals surface area contributed by atoms with E-state index < -0.39 is 0 Å². The van der Waals surface area contributed by atoms with Gasteiger partial charge in [-0.15, -0.1) is 11.3 Å². The lowest BCUT2D eigenvalue weighted by atomic mass is 9.79. The fourth-order valence-electron chi connectivity index (χ4n) is 3.56. The molecule has 0 aliphatic carbocycles. The third kappa shape index (κ3) is 3.70. The van der Waals surface area contributed by atoms with E-state index in [0.29, 0.717) is 12.0 Å². The molecule has 0 aromatic carbocycles. The number of rotatable bonds is 5. The molecule has 1 aromatic rings. The van der Waals surface area contributed by atoms with Crippen molar-refractivity contribution in [2.24, 2.45) is 5.92 Å². The first-order valence-corrected chi connectivity index (χ1v) is 9.59. The summed E-state index contributed by atoms with van der Waals surface area (Å²) < 4.78 is 12.9. The van der Waals surface area contributed by atoms with Crippen molar-refractivity contribution in [1.82, 2.24) is 5.32 Å². The largest absolute Gasteiger partial charge is 0.378 e. The Morgan fingerprint density at radius 3 is 3.10 bits per heavy atom. The Bertz CT molecular complexity index is 459. The minimum atomic E-state index is -0.0116. The fraction of sp³-hybridized carbons (Fsp3) is 0.750. The van der Waals surface area contributed by atoms with Crippen LogP contribution < -0.4 is 5.32 Å². The van der Waals surface area contributed by atoms with Crippen molar-refractivity contribution in [2.45, 2.75) is 44.2 Å². The maximum Gasteiger partial charge on any atom is 0.0940 e. The normalized spacial score (nSPS) is 30.9. The minimum absolute atomic E-state index is 0.0116. The van der Waals surface area contributed by atoms with E-state index in [1.807, 2.05) is 0 Å². The lowest BCUT2D eigenvalue weighted by molar-refractivity contribution is -0.103. The minimum Gasteiger partial charge on any atom is -0.378 e. The molecular weight excluding hydrogens is 350 g/mol. The highest BCUT2D eigenvalue weighted by Gasteiger charge is 2.43. The van der Waals surface area contributed by atoms with Gasteiger partial charge in [-0.25, -0.2) is 0 Å². The van der Waals surface area contributed by atoms with Crippen LogP contribution in [0.15, 0.2) is 15.2 Å². The number of hydrogen-bond acceptors (Lipinski definition) is 4. The zero-order valence-corrected chi connectivity index (χ0v) is 15.0. The molecule has 0 saturated carbocycles. The van der Waals surface area contributed by atoms with E-state index in [-0.39, 0.29) is 5.60 Å². The Morgan fingerprint density at radius 1 is 1.52 bits per heavy atom. The van der Waals surface area contributed by atoms with E-state index >= 15 is 0 Å². The van der Waals surface area contributed by atoms with Crippen LogP contribution in [0, 0.1) is 5.92 Å². The van der Waals surface area contributed by atoms with Gasteiger partial charge in [0, 0.05) is 25.7 Å². The summed E-state index contributed by atoms with van der Waals surface area (Å²) in [6, 6.07) is 2.71. The number of nitrogens with one attached hydrogen (secondary N) is 1. The Labute approximate surface area is 139 Å². The van der Waals surface area contributed by atoms with Crippen LogP contribution in [0.2, 0.25) is 0 Å². The molecule has 21 heavy (non-hydrogen) atoms. The summed E-state index contributed by atoms with van der Waals surface area (Å²) in [5.74, 6) is 0.633. The van der Waals surface area contributed by atoms with Crippen LogP contribution in [0.25, 0.3) is 0 Å². The van der Waals surface area contributed by atoms with Crippen molar-refractivity contribution in [1.29, 1.82) is 0 Å². The average Bonchev–Trinajstić information content (AvgIpc) is 3.10. The van der Waals surface area contributed by atoms with Crippen LogP contribution >= 0.6 is 27.3 Å². The number of hydrogen-bond donors (Lipinski definition) is 1. The fourth-order valence-corrected chi connectivity index (χ4v) is 4.77. The highest BCUT2D eigenvalue weighted by molar-refractivity contribution is 9.11. The maximum atomic E-state index is 6.09. The molecule has 2 fully saturated rings. The first kappa shape index (κ1) is 15.9. The first-order chi connectivity index (χ1) is 10.2. The van der Waals surface area contributed by atoms with E-state index in [2.05, 4.69) is 39.6 Å². The van der Waals surface area contributed by atoms with Crippen LogP contribution in [0.3, 0.4) is 0 Å². The molecule has 1 aromatic heterocycles. The summed E-state index contributed by atoms with van der Waals surface area (Å²) in [4.78, 5) is 0. The Balaban J connectivity index is 1.75. The van der Waals surface area contributed by atoms with Crippen LogP contribution in [-0.2, 0) is 9.47 Å². The number of halogens is 1. The predicted octanol–water partition coefficient (Wildman–Crippen LogP) is 4.14. The second kappa shape index (κ2) is 7.09. The zero-order valence-electron chi connectivity index (χ0n) is 12.6. The summed E-state index contributed by atoms with van der Waals surface area (Å²) in [7, 11) is 0. The Hall–Kier alpha value is 0.0600. The van der Waals surface area contributed by atoms with Gasteiger partial charge in [0.15, 0.2) is 0 Å². The topological polar surface area (TPSA) is 30.5 Å². The van der Waals surface area contributed by atoms with E-state index in [4.69, 9.17) is 9.47 Å². The molecule has 0 bridgehead atoms. The molecule has 3 atom stereocenters. The standard InChI is InChI=1S/C16H24BrNO2S/c1-2-5-18-15(13-8-14(17)21-10-13)12-3-6-20-16(9-12)4-7-19-11-16/h8,10,12,15,18H,2-7,9,11H2,1H3. The van der Waals surface area contributed by atoms with E-state index in [9.17, 15) is 0 Å². The van der Waals surface area contributed by atoms with Crippen LogP contribution in [0.5, 0.6) is 0 Å². The summed E-state index contributed by atoms with van der Waals surface area (Å²) in [6.07, 6.45) is 4.47. The molecule has 3 heterocycles. The van der Waals surface area contributed by atoms with Gasteiger partial charge < -0.3 is 14.8 Å². The predicted molar refractivity (Wildman–Crippen MR) is 89.9 cm³/mol. The van der Waals surface area contributed by atoms with Crippen molar-refractivity contribution in [3.05, 3.63) is 20.8 Å². The molecule has 3 rings (SSSR count). The van der Waals surface area contributed by atoms with Gasteiger partial charge in [0.2, 0.25) is 0 Å².